The second-order valence-electron chi connectivity index (χ2n) is 9.12. The number of carbonyl (C=O) groups excluding carboxylic acids is 1. The zero-order valence-electron chi connectivity index (χ0n) is 18.4. The maximum atomic E-state index is 13.1. The Labute approximate surface area is 179 Å². The van der Waals surface area contributed by atoms with Crippen LogP contribution in [-0.2, 0) is 0 Å². The molecule has 1 N–H and O–H groups in total. The fourth-order valence-electron chi connectivity index (χ4n) is 2.97. The number of anilines is 2. The molecule has 3 rings (SSSR count). The number of rotatable bonds is 4. The molecule has 1 saturated heterocycles. The van der Waals surface area contributed by atoms with Gasteiger partial charge in [0.15, 0.2) is 0 Å². The molecule has 0 spiro atoms. The first-order valence-electron chi connectivity index (χ1n) is 10.3. The lowest BCUT2D eigenvalue weighted by atomic mass is 10.2. The number of hydrogen-bond acceptors (Lipinski definition) is 4. The number of piperazine rings is 1. The Bertz CT molecular complexity index is 858. The van der Waals surface area contributed by atoms with Crippen molar-refractivity contribution in [2.24, 2.45) is 0 Å². The van der Waals surface area contributed by atoms with E-state index in [4.69, 9.17) is 4.43 Å². The number of pyridine rings is 1. The van der Waals surface area contributed by atoms with Crippen molar-refractivity contribution >= 4 is 25.9 Å². The number of urea groups is 1. The van der Waals surface area contributed by atoms with E-state index in [9.17, 15) is 9.18 Å². The molecule has 0 bridgehead atoms. The van der Waals surface area contributed by atoms with Gasteiger partial charge < -0.3 is 14.2 Å². The molecule has 1 aliphatic rings. The fraction of sp³-hybridized carbons (Fsp3) is 0.455. The van der Waals surface area contributed by atoms with Crippen molar-refractivity contribution < 1.29 is 13.6 Å². The van der Waals surface area contributed by atoms with Gasteiger partial charge in [0.2, 0.25) is 0 Å². The zero-order chi connectivity index (χ0) is 21.9. The largest absolute Gasteiger partial charge is 0.542 e. The minimum Gasteiger partial charge on any atom is -0.542 e. The Morgan fingerprint density at radius 3 is 2.23 bits per heavy atom. The smallest absolute Gasteiger partial charge is 0.323 e. The molecule has 2 amide bonds. The van der Waals surface area contributed by atoms with E-state index in [2.05, 4.69) is 49.1 Å². The number of nitrogens with zero attached hydrogens (tertiary/aromatic N) is 3. The van der Waals surface area contributed by atoms with Crippen molar-refractivity contribution in [2.75, 3.05) is 36.4 Å². The molecule has 0 unspecified atom stereocenters. The molecule has 1 fully saturated rings. The summed E-state index contributed by atoms with van der Waals surface area (Å²) in [5.41, 5.74) is 0.968. The number of aromatic nitrogens is 1. The van der Waals surface area contributed by atoms with Crippen LogP contribution in [-0.4, -0.2) is 50.4 Å². The highest BCUT2D eigenvalue weighted by Gasteiger charge is 2.39. The third-order valence-electron chi connectivity index (χ3n) is 5.91. The third kappa shape index (κ3) is 5.30. The summed E-state index contributed by atoms with van der Waals surface area (Å²) in [5, 5.41) is 2.96. The lowest BCUT2D eigenvalue weighted by Gasteiger charge is -2.36. The summed E-state index contributed by atoms with van der Waals surface area (Å²) in [6.45, 7) is 13.5. The minimum atomic E-state index is -1.92. The summed E-state index contributed by atoms with van der Waals surface area (Å²) in [6.07, 6.45) is 1.67. The maximum Gasteiger partial charge on any atom is 0.323 e. The van der Waals surface area contributed by atoms with Gasteiger partial charge in [-0.1, -0.05) is 20.8 Å². The standard InChI is InChI=1S/C22H31FN4O2Si/c1-22(2,3)30(4,5)29-19-10-11-20(24-16-19)25-21(28)27-14-12-26(13-15-27)18-8-6-17(23)7-9-18/h6-11,16H,12-15H2,1-5H3,(H,24,25,28). The van der Waals surface area contributed by atoms with Crippen LogP contribution in [0.15, 0.2) is 42.6 Å². The SMILES string of the molecule is CC(C)(C)[Si](C)(C)Oc1ccc(NC(=O)N2CCN(c3ccc(F)cc3)CC2)nc1. The van der Waals surface area contributed by atoms with E-state index in [0.717, 1.165) is 11.4 Å². The summed E-state index contributed by atoms with van der Waals surface area (Å²) >= 11 is 0. The molecular weight excluding hydrogens is 399 g/mol. The van der Waals surface area contributed by atoms with E-state index in [1.165, 1.54) is 12.1 Å². The van der Waals surface area contributed by atoms with Gasteiger partial charge in [-0.15, -0.1) is 0 Å². The molecule has 0 atom stereocenters. The third-order valence-corrected chi connectivity index (χ3v) is 10.3. The van der Waals surface area contributed by atoms with E-state index in [-0.39, 0.29) is 16.9 Å². The normalized spacial score (nSPS) is 15.1. The Hall–Kier alpha value is -2.61. The Kier molecular flexibility index (Phi) is 6.35. The van der Waals surface area contributed by atoms with Gasteiger partial charge in [0.05, 0.1) is 6.20 Å². The van der Waals surface area contributed by atoms with Crippen molar-refractivity contribution in [3.8, 4) is 5.75 Å². The topological polar surface area (TPSA) is 57.7 Å². The summed E-state index contributed by atoms with van der Waals surface area (Å²) in [5.74, 6) is 0.987. The molecule has 0 radical (unpaired) electrons. The van der Waals surface area contributed by atoms with E-state index in [0.29, 0.717) is 32.0 Å². The van der Waals surface area contributed by atoms with Gasteiger partial charge >= 0.3 is 6.03 Å². The second-order valence-corrected chi connectivity index (χ2v) is 13.8. The molecular formula is C22H31FN4O2Si. The molecule has 1 aromatic heterocycles. The zero-order valence-corrected chi connectivity index (χ0v) is 19.4. The molecule has 6 nitrogen and oxygen atoms in total. The van der Waals surface area contributed by atoms with Crippen molar-refractivity contribution in [3.05, 3.63) is 48.4 Å². The van der Waals surface area contributed by atoms with Gasteiger partial charge in [-0.3, -0.25) is 5.32 Å². The average molecular weight is 431 g/mol. The van der Waals surface area contributed by atoms with Gasteiger partial charge in [0.1, 0.15) is 17.4 Å². The summed E-state index contributed by atoms with van der Waals surface area (Å²) in [6, 6.07) is 9.91. The van der Waals surface area contributed by atoms with Gasteiger partial charge in [-0.05, 0) is 54.5 Å². The van der Waals surface area contributed by atoms with Crippen LogP contribution in [0.25, 0.3) is 0 Å². The van der Waals surface area contributed by atoms with Crippen LogP contribution in [0.3, 0.4) is 0 Å². The number of benzene rings is 1. The first kappa shape index (κ1) is 22.1. The monoisotopic (exact) mass is 430 g/mol. The molecule has 2 heterocycles. The summed E-state index contributed by atoms with van der Waals surface area (Å²) < 4.78 is 19.3. The predicted octanol–water partition coefficient (Wildman–Crippen LogP) is 4.96. The van der Waals surface area contributed by atoms with E-state index in [1.807, 2.05) is 6.07 Å². The molecule has 0 aliphatic carbocycles. The minimum absolute atomic E-state index is 0.107. The Morgan fingerprint density at radius 1 is 1.07 bits per heavy atom. The lowest BCUT2D eigenvalue weighted by Crippen LogP contribution is -2.50. The number of nitrogens with one attached hydrogen (secondary N) is 1. The molecule has 162 valence electrons. The number of carbonyl (C=O) groups is 1. The molecule has 1 aromatic carbocycles. The van der Waals surface area contributed by atoms with Gasteiger partial charge in [-0.25, -0.2) is 14.2 Å². The Balaban J connectivity index is 1.52. The van der Waals surface area contributed by atoms with Gasteiger partial charge in [0.25, 0.3) is 8.32 Å². The molecule has 1 aliphatic heterocycles. The number of halogens is 1. The van der Waals surface area contributed by atoms with Crippen LogP contribution < -0.4 is 14.6 Å². The number of amides is 2. The van der Waals surface area contributed by atoms with Crippen molar-refractivity contribution in [2.45, 2.75) is 38.9 Å². The first-order chi connectivity index (χ1) is 14.0. The highest BCUT2D eigenvalue weighted by molar-refractivity contribution is 6.74. The van der Waals surface area contributed by atoms with Crippen molar-refractivity contribution in [3.63, 3.8) is 0 Å². The Morgan fingerprint density at radius 2 is 1.70 bits per heavy atom. The van der Waals surface area contributed by atoms with E-state index < -0.39 is 8.32 Å². The molecule has 0 saturated carbocycles. The van der Waals surface area contributed by atoms with Crippen LogP contribution in [0.1, 0.15) is 20.8 Å². The average Bonchev–Trinajstić information content (AvgIpc) is 2.69. The van der Waals surface area contributed by atoms with E-state index >= 15 is 0 Å². The van der Waals surface area contributed by atoms with Crippen LogP contribution in [0.5, 0.6) is 5.75 Å². The lowest BCUT2D eigenvalue weighted by molar-refractivity contribution is 0.208. The van der Waals surface area contributed by atoms with Crippen molar-refractivity contribution in [1.82, 2.24) is 9.88 Å². The predicted molar refractivity (Wildman–Crippen MR) is 121 cm³/mol. The molecule has 8 heteroatoms. The second kappa shape index (κ2) is 8.63. The fourth-order valence-corrected chi connectivity index (χ4v) is 3.99. The van der Waals surface area contributed by atoms with Gasteiger partial charge in [-0.2, -0.15) is 0 Å². The van der Waals surface area contributed by atoms with Crippen LogP contribution in [0.4, 0.5) is 20.7 Å². The maximum absolute atomic E-state index is 13.1. The quantitative estimate of drug-likeness (QED) is 0.697. The summed E-state index contributed by atoms with van der Waals surface area (Å²) in [4.78, 5) is 20.8. The van der Waals surface area contributed by atoms with E-state index in [1.54, 1.807) is 29.3 Å². The van der Waals surface area contributed by atoms with Gasteiger partial charge in [0, 0.05) is 31.9 Å². The molecule has 2 aromatic rings. The first-order valence-corrected chi connectivity index (χ1v) is 13.2. The molecule has 30 heavy (non-hydrogen) atoms. The van der Waals surface area contributed by atoms with Crippen molar-refractivity contribution in [1.29, 1.82) is 0 Å². The van der Waals surface area contributed by atoms with Crippen LogP contribution in [0, 0.1) is 5.82 Å². The highest BCUT2D eigenvalue weighted by atomic mass is 28.4. The summed E-state index contributed by atoms with van der Waals surface area (Å²) in [7, 11) is -1.92. The van der Waals surface area contributed by atoms with Crippen LogP contribution >= 0.6 is 0 Å². The highest BCUT2D eigenvalue weighted by Crippen LogP contribution is 2.37. The number of hydrogen-bond donors (Lipinski definition) is 1. The van der Waals surface area contributed by atoms with Crippen LogP contribution in [0.2, 0.25) is 18.1 Å².